The Labute approximate surface area is 134 Å². The molecule has 3 aromatic rings. The lowest BCUT2D eigenvalue weighted by molar-refractivity contribution is -0.384. The number of nitro groups is 1. The second-order valence-corrected chi connectivity index (χ2v) is 5.91. The van der Waals surface area contributed by atoms with Crippen molar-refractivity contribution in [2.45, 2.75) is 25.9 Å². The van der Waals surface area contributed by atoms with Crippen molar-refractivity contribution in [3.63, 3.8) is 0 Å². The summed E-state index contributed by atoms with van der Waals surface area (Å²) in [5.74, 6) is 0. The Morgan fingerprint density at radius 2 is 1.96 bits per heavy atom. The van der Waals surface area contributed by atoms with Gasteiger partial charge in [0.1, 0.15) is 0 Å². The van der Waals surface area contributed by atoms with Crippen molar-refractivity contribution in [3.8, 4) is 0 Å². The third kappa shape index (κ3) is 3.24. The monoisotopic (exact) mass is 309 g/mol. The highest BCUT2D eigenvalue weighted by atomic mass is 16.6. The number of nitrogens with two attached hydrogens (primary N) is 1. The fourth-order valence-corrected chi connectivity index (χ4v) is 2.89. The van der Waals surface area contributed by atoms with Crippen LogP contribution in [0.2, 0.25) is 0 Å². The van der Waals surface area contributed by atoms with Gasteiger partial charge in [-0.05, 0) is 30.5 Å². The number of fused-ring (bicyclic) bond motifs is 1. The van der Waals surface area contributed by atoms with Gasteiger partial charge >= 0.3 is 0 Å². The molecule has 0 aliphatic carbocycles. The molecule has 3 rings (SSSR count). The molecule has 1 atom stereocenters. The van der Waals surface area contributed by atoms with E-state index in [9.17, 15) is 10.1 Å². The lowest BCUT2D eigenvalue weighted by Gasteiger charge is -2.05. The number of non-ortho nitro benzene ring substituents is 1. The van der Waals surface area contributed by atoms with Gasteiger partial charge in [0.2, 0.25) is 0 Å². The Bertz CT molecular complexity index is 838. The number of nitro benzene ring substituents is 1. The van der Waals surface area contributed by atoms with Crippen molar-refractivity contribution in [1.82, 2.24) is 4.57 Å². The largest absolute Gasteiger partial charge is 0.343 e. The first-order chi connectivity index (χ1) is 11.0. The fourth-order valence-electron chi connectivity index (χ4n) is 2.89. The van der Waals surface area contributed by atoms with Crippen LogP contribution in [0.1, 0.15) is 18.1 Å². The summed E-state index contributed by atoms with van der Waals surface area (Å²) >= 11 is 0. The maximum atomic E-state index is 11.1. The zero-order chi connectivity index (χ0) is 16.4. The first-order valence-corrected chi connectivity index (χ1v) is 7.60. The van der Waals surface area contributed by atoms with Crippen molar-refractivity contribution >= 4 is 16.6 Å². The quantitative estimate of drug-likeness (QED) is 0.579. The topological polar surface area (TPSA) is 74.1 Å². The number of nitrogens with zero attached hydrogens (tertiary/aromatic N) is 2. The fraction of sp³-hybridized carbons (Fsp3) is 0.222. The maximum absolute atomic E-state index is 11.1. The average Bonchev–Trinajstić information content (AvgIpc) is 2.85. The van der Waals surface area contributed by atoms with Gasteiger partial charge < -0.3 is 10.3 Å². The van der Waals surface area contributed by atoms with Gasteiger partial charge in [-0.3, -0.25) is 10.1 Å². The molecule has 0 aliphatic rings. The molecule has 0 spiro atoms. The molecule has 1 unspecified atom stereocenters. The lowest BCUT2D eigenvalue weighted by Crippen LogP contribution is -2.17. The van der Waals surface area contributed by atoms with Crippen molar-refractivity contribution in [1.29, 1.82) is 0 Å². The van der Waals surface area contributed by atoms with Crippen LogP contribution in [-0.4, -0.2) is 15.5 Å². The van der Waals surface area contributed by atoms with E-state index in [1.54, 1.807) is 12.1 Å². The third-order valence-corrected chi connectivity index (χ3v) is 3.90. The van der Waals surface area contributed by atoms with E-state index in [1.165, 1.54) is 5.56 Å². The summed E-state index contributed by atoms with van der Waals surface area (Å²) in [6, 6.07) is 15.2. The van der Waals surface area contributed by atoms with Gasteiger partial charge in [-0.25, -0.2) is 0 Å². The van der Waals surface area contributed by atoms with E-state index >= 15 is 0 Å². The SMILES string of the molecule is CC(N)Cc1cn(Cc2ccccc2)c2ccc([N+](=O)[O-])cc12. The van der Waals surface area contributed by atoms with Gasteiger partial charge in [-0.1, -0.05) is 30.3 Å². The number of benzene rings is 2. The van der Waals surface area contributed by atoms with E-state index < -0.39 is 0 Å². The van der Waals surface area contributed by atoms with Crippen molar-refractivity contribution in [2.24, 2.45) is 5.73 Å². The van der Waals surface area contributed by atoms with Crippen LogP contribution >= 0.6 is 0 Å². The van der Waals surface area contributed by atoms with Gasteiger partial charge in [-0.15, -0.1) is 0 Å². The van der Waals surface area contributed by atoms with Crippen LogP contribution in [0.4, 0.5) is 5.69 Å². The van der Waals surface area contributed by atoms with Gasteiger partial charge in [0.25, 0.3) is 5.69 Å². The van der Waals surface area contributed by atoms with Crippen LogP contribution in [0, 0.1) is 10.1 Å². The minimum Gasteiger partial charge on any atom is -0.343 e. The molecule has 0 amide bonds. The van der Waals surface area contributed by atoms with E-state index in [0.29, 0.717) is 6.42 Å². The molecule has 5 heteroatoms. The smallest absolute Gasteiger partial charge is 0.270 e. The molecular formula is C18H19N3O2. The number of hydrogen-bond donors (Lipinski definition) is 1. The summed E-state index contributed by atoms with van der Waals surface area (Å²) in [5.41, 5.74) is 9.28. The Morgan fingerprint density at radius 1 is 1.22 bits per heavy atom. The van der Waals surface area contributed by atoms with Gasteiger partial charge in [0.15, 0.2) is 0 Å². The van der Waals surface area contributed by atoms with Crippen LogP contribution in [-0.2, 0) is 13.0 Å². The van der Waals surface area contributed by atoms with Crippen LogP contribution in [0.5, 0.6) is 0 Å². The van der Waals surface area contributed by atoms with Crippen molar-refractivity contribution in [2.75, 3.05) is 0 Å². The maximum Gasteiger partial charge on any atom is 0.270 e. The molecule has 0 saturated carbocycles. The summed E-state index contributed by atoms with van der Waals surface area (Å²) in [6.45, 7) is 2.67. The van der Waals surface area contributed by atoms with Crippen LogP contribution < -0.4 is 5.73 Å². The summed E-state index contributed by atoms with van der Waals surface area (Å²) in [6.07, 6.45) is 2.75. The highest BCUT2D eigenvalue weighted by Gasteiger charge is 2.14. The van der Waals surface area contributed by atoms with Crippen molar-refractivity contribution < 1.29 is 4.92 Å². The molecule has 2 N–H and O–H groups in total. The van der Waals surface area contributed by atoms with E-state index in [2.05, 4.69) is 22.9 Å². The molecule has 0 bridgehead atoms. The van der Waals surface area contributed by atoms with Gasteiger partial charge in [0.05, 0.1) is 4.92 Å². The second kappa shape index (κ2) is 6.22. The average molecular weight is 309 g/mol. The van der Waals surface area contributed by atoms with E-state index in [4.69, 9.17) is 5.73 Å². The molecule has 0 saturated heterocycles. The highest BCUT2D eigenvalue weighted by molar-refractivity contribution is 5.86. The van der Waals surface area contributed by atoms with Gasteiger partial charge in [0, 0.05) is 41.8 Å². The van der Waals surface area contributed by atoms with E-state index in [1.807, 2.05) is 31.2 Å². The molecule has 5 nitrogen and oxygen atoms in total. The van der Waals surface area contributed by atoms with E-state index in [0.717, 1.165) is 23.0 Å². The molecule has 118 valence electrons. The Kier molecular flexibility index (Phi) is 4.12. The molecule has 2 aromatic carbocycles. The summed E-state index contributed by atoms with van der Waals surface area (Å²) in [7, 11) is 0. The normalized spacial score (nSPS) is 12.4. The molecule has 1 heterocycles. The minimum absolute atomic E-state index is 0.00466. The first-order valence-electron chi connectivity index (χ1n) is 7.60. The predicted octanol–water partition coefficient (Wildman–Crippen LogP) is 3.49. The Hall–Kier alpha value is -2.66. The summed E-state index contributed by atoms with van der Waals surface area (Å²) < 4.78 is 2.13. The molecule has 1 aromatic heterocycles. The molecular weight excluding hydrogens is 290 g/mol. The Balaban J connectivity index is 2.09. The lowest BCUT2D eigenvalue weighted by atomic mass is 10.1. The summed E-state index contributed by atoms with van der Waals surface area (Å²) in [5, 5.41) is 12.0. The minimum atomic E-state index is -0.358. The standard InChI is InChI=1S/C18H19N3O2/c1-13(19)9-15-12-20(11-14-5-3-2-4-6-14)18-8-7-16(21(22)23)10-17(15)18/h2-8,10,12-13H,9,11,19H2,1H3. The number of rotatable bonds is 5. The zero-order valence-electron chi connectivity index (χ0n) is 13.0. The van der Waals surface area contributed by atoms with E-state index in [-0.39, 0.29) is 16.7 Å². The van der Waals surface area contributed by atoms with Gasteiger partial charge in [-0.2, -0.15) is 0 Å². The van der Waals surface area contributed by atoms with Crippen LogP contribution in [0.15, 0.2) is 54.7 Å². The van der Waals surface area contributed by atoms with Crippen LogP contribution in [0.3, 0.4) is 0 Å². The van der Waals surface area contributed by atoms with Crippen LogP contribution in [0.25, 0.3) is 10.9 Å². The third-order valence-electron chi connectivity index (χ3n) is 3.90. The first kappa shape index (κ1) is 15.2. The summed E-state index contributed by atoms with van der Waals surface area (Å²) in [4.78, 5) is 10.7. The number of aromatic nitrogens is 1. The molecule has 0 aliphatic heterocycles. The highest BCUT2D eigenvalue weighted by Crippen LogP contribution is 2.27. The molecule has 0 fully saturated rings. The zero-order valence-corrected chi connectivity index (χ0v) is 13.0. The second-order valence-electron chi connectivity index (χ2n) is 5.91. The number of hydrogen-bond acceptors (Lipinski definition) is 3. The predicted molar refractivity (Wildman–Crippen MR) is 91.5 cm³/mol. The molecule has 23 heavy (non-hydrogen) atoms. The Morgan fingerprint density at radius 3 is 2.61 bits per heavy atom. The van der Waals surface area contributed by atoms with Crippen molar-refractivity contribution in [3.05, 3.63) is 76.0 Å². The molecule has 0 radical (unpaired) electrons.